The Hall–Kier alpha value is -0.280. The highest BCUT2D eigenvalue weighted by molar-refractivity contribution is 4.60. The molecule has 98 valence electrons. The number of aliphatic hydroxyl groups excluding tert-OH is 3. The molecular formula is C9H21NO6. The average Bonchev–Trinajstić information content (AvgIpc) is 2.15. The molecule has 0 saturated heterocycles. The van der Waals surface area contributed by atoms with Crippen molar-refractivity contribution in [3.63, 3.8) is 0 Å². The molecule has 0 aliphatic rings. The first-order valence-corrected chi connectivity index (χ1v) is 5.22. The quantitative estimate of drug-likeness (QED) is 0.244. The minimum absolute atomic E-state index is 0.128. The van der Waals surface area contributed by atoms with Crippen LogP contribution >= 0.6 is 0 Å². The summed E-state index contributed by atoms with van der Waals surface area (Å²) < 4.78 is 0. The summed E-state index contributed by atoms with van der Waals surface area (Å²) in [5.41, 5.74) is 0. The zero-order chi connectivity index (χ0) is 12.6. The van der Waals surface area contributed by atoms with Gasteiger partial charge in [0, 0.05) is 38.9 Å². The van der Waals surface area contributed by atoms with E-state index in [2.05, 4.69) is 0 Å². The van der Waals surface area contributed by atoms with E-state index in [1.165, 1.54) is 0 Å². The van der Waals surface area contributed by atoms with Crippen LogP contribution in [0, 0.1) is 0 Å². The van der Waals surface area contributed by atoms with Crippen molar-refractivity contribution in [1.82, 2.24) is 4.90 Å². The van der Waals surface area contributed by atoms with Crippen LogP contribution in [0.5, 0.6) is 0 Å². The molecule has 0 rings (SSSR count). The van der Waals surface area contributed by atoms with Gasteiger partial charge in [-0.25, -0.2) is 0 Å². The SMILES string of the molecule is OC(O)CCN(CCC(O)O)CCC(O)O. The van der Waals surface area contributed by atoms with Crippen LogP contribution in [0.15, 0.2) is 0 Å². The van der Waals surface area contributed by atoms with E-state index in [0.29, 0.717) is 19.6 Å². The summed E-state index contributed by atoms with van der Waals surface area (Å²) in [4.78, 5) is 1.71. The van der Waals surface area contributed by atoms with Gasteiger partial charge < -0.3 is 35.5 Å². The van der Waals surface area contributed by atoms with Gasteiger partial charge in [0.15, 0.2) is 18.9 Å². The van der Waals surface area contributed by atoms with Crippen LogP contribution in [0.25, 0.3) is 0 Å². The monoisotopic (exact) mass is 239 g/mol. The van der Waals surface area contributed by atoms with Gasteiger partial charge in [-0.2, -0.15) is 0 Å². The van der Waals surface area contributed by atoms with Gasteiger partial charge in [-0.3, -0.25) is 0 Å². The Balaban J connectivity index is 3.85. The van der Waals surface area contributed by atoms with E-state index in [1.807, 2.05) is 0 Å². The topological polar surface area (TPSA) is 125 Å². The van der Waals surface area contributed by atoms with E-state index >= 15 is 0 Å². The Labute approximate surface area is 94.2 Å². The summed E-state index contributed by atoms with van der Waals surface area (Å²) in [5, 5.41) is 52.1. The second kappa shape index (κ2) is 8.82. The third-order valence-corrected chi connectivity index (χ3v) is 2.11. The molecule has 0 spiro atoms. The van der Waals surface area contributed by atoms with Crippen molar-refractivity contribution in [1.29, 1.82) is 0 Å². The van der Waals surface area contributed by atoms with Crippen LogP contribution in [-0.2, 0) is 0 Å². The van der Waals surface area contributed by atoms with Crippen LogP contribution in [0.1, 0.15) is 19.3 Å². The largest absolute Gasteiger partial charge is 0.368 e. The van der Waals surface area contributed by atoms with Crippen molar-refractivity contribution in [2.75, 3.05) is 19.6 Å². The summed E-state index contributed by atoms with van der Waals surface area (Å²) >= 11 is 0. The molecule has 0 saturated carbocycles. The van der Waals surface area contributed by atoms with E-state index in [1.54, 1.807) is 4.90 Å². The standard InChI is InChI=1S/C9H21NO6/c11-7(12)1-4-10(5-2-8(13)14)6-3-9(15)16/h7-9,11-16H,1-6H2. The molecule has 0 fully saturated rings. The van der Waals surface area contributed by atoms with Crippen LogP contribution in [-0.4, -0.2) is 74.0 Å². The minimum Gasteiger partial charge on any atom is -0.368 e. The van der Waals surface area contributed by atoms with Gasteiger partial charge in [0.25, 0.3) is 0 Å². The van der Waals surface area contributed by atoms with Gasteiger partial charge in [-0.05, 0) is 0 Å². The molecule has 7 nitrogen and oxygen atoms in total. The Morgan fingerprint density at radius 2 is 0.812 bits per heavy atom. The maximum absolute atomic E-state index is 8.69. The molecule has 0 radical (unpaired) electrons. The first kappa shape index (κ1) is 15.7. The highest BCUT2D eigenvalue weighted by Crippen LogP contribution is 2.01. The third kappa shape index (κ3) is 10.2. The summed E-state index contributed by atoms with van der Waals surface area (Å²) in [5.74, 6) is 0. The van der Waals surface area contributed by atoms with E-state index in [9.17, 15) is 0 Å². The smallest absolute Gasteiger partial charge is 0.152 e. The molecule has 6 N–H and O–H groups in total. The molecule has 16 heavy (non-hydrogen) atoms. The predicted molar refractivity (Wildman–Crippen MR) is 55.0 cm³/mol. The Bertz CT molecular complexity index is 136. The maximum atomic E-state index is 8.69. The fourth-order valence-electron chi connectivity index (χ4n) is 1.23. The van der Waals surface area contributed by atoms with E-state index in [0.717, 1.165) is 0 Å². The Morgan fingerprint density at radius 3 is 1.00 bits per heavy atom. The second-order valence-electron chi connectivity index (χ2n) is 3.65. The normalized spacial score (nSPS) is 12.4. The molecule has 0 heterocycles. The van der Waals surface area contributed by atoms with Crippen molar-refractivity contribution in [2.45, 2.75) is 38.1 Å². The molecule has 0 unspecified atom stereocenters. The third-order valence-electron chi connectivity index (χ3n) is 2.11. The van der Waals surface area contributed by atoms with Crippen molar-refractivity contribution < 1.29 is 30.6 Å². The lowest BCUT2D eigenvalue weighted by atomic mass is 10.3. The van der Waals surface area contributed by atoms with Crippen molar-refractivity contribution in [3.8, 4) is 0 Å². The Kier molecular flexibility index (Phi) is 8.67. The maximum Gasteiger partial charge on any atom is 0.152 e. The summed E-state index contributed by atoms with van der Waals surface area (Å²) in [6.45, 7) is 1.03. The molecular weight excluding hydrogens is 218 g/mol. The highest BCUT2D eigenvalue weighted by Gasteiger charge is 2.10. The van der Waals surface area contributed by atoms with E-state index in [4.69, 9.17) is 30.6 Å². The molecule has 0 aliphatic heterocycles. The molecule has 0 atom stereocenters. The lowest BCUT2D eigenvalue weighted by molar-refractivity contribution is -0.0677. The van der Waals surface area contributed by atoms with Gasteiger partial charge in [-0.1, -0.05) is 0 Å². The molecule has 0 aromatic carbocycles. The zero-order valence-corrected chi connectivity index (χ0v) is 9.11. The molecule has 0 aliphatic carbocycles. The average molecular weight is 239 g/mol. The van der Waals surface area contributed by atoms with Gasteiger partial charge in [0.05, 0.1) is 0 Å². The van der Waals surface area contributed by atoms with Crippen molar-refractivity contribution in [2.24, 2.45) is 0 Å². The Morgan fingerprint density at radius 1 is 0.562 bits per heavy atom. The predicted octanol–water partition coefficient (Wildman–Crippen LogP) is -2.61. The fourth-order valence-corrected chi connectivity index (χ4v) is 1.23. The zero-order valence-electron chi connectivity index (χ0n) is 9.11. The van der Waals surface area contributed by atoms with Crippen LogP contribution < -0.4 is 0 Å². The number of hydrogen-bond donors (Lipinski definition) is 6. The summed E-state index contributed by atoms with van der Waals surface area (Å²) in [6.07, 6.45) is -3.86. The number of hydrogen-bond acceptors (Lipinski definition) is 7. The molecule has 0 amide bonds. The number of nitrogens with zero attached hydrogens (tertiary/aromatic N) is 1. The minimum atomic E-state index is -1.42. The highest BCUT2D eigenvalue weighted by atomic mass is 16.5. The van der Waals surface area contributed by atoms with Crippen LogP contribution in [0.3, 0.4) is 0 Å². The van der Waals surface area contributed by atoms with Crippen LogP contribution in [0.2, 0.25) is 0 Å². The van der Waals surface area contributed by atoms with Gasteiger partial charge in [0.2, 0.25) is 0 Å². The van der Waals surface area contributed by atoms with Crippen molar-refractivity contribution in [3.05, 3.63) is 0 Å². The summed E-state index contributed by atoms with van der Waals surface area (Å²) in [6, 6.07) is 0. The van der Waals surface area contributed by atoms with Crippen LogP contribution in [0.4, 0.5) is 0 Å². The lowest BCUT2D eigenvalue weighted by Gasteiger charge is -2.23. The van der Waals surface area contributed by atoms with E-state index < -0.39 is 18.9 Å². The molecule has 7 heteroatoms. The number of aliphatic hydroxyl groups is 6. The molecule has 0 bridgehead atoms. The first-order chi connectivity index (χ1) is 7.41. The lowest BCUT2D eigenvalue weighted by Crippen LogP contribution is -2.32. The van der Waals surface area contributed by atoms with E-state index in [-0.39, 0.29) is 19.3 Å². The number of rotatable bonds is 9. The van der Waals surface area contributed by atoms with Gasteiger partial charge in [0.1, 0.15) is 0 Å². The van der Waals surface area contributed by atoms with Gasteiger partial charge >= 0.3 is 0 Å². The molecule has 0 aromatic rings. The molecule has 0 aromatic heterocycles. The first-order valence-electron chi connectivity index (χ1n) is 5.22. The van der Waals surface area contributed by atoms with Gasteiger partial charge in [-0.15, -0.1) is 0 Å². The van der Waals surface area contributed by atoms with Crippen molar-refractivity contribution >= 4 is 0 Å². The second-order valence-corrected chi connectivity index (χ2v) is 3.65. The summed E-state index contributed by atoms with van der Waals surface area (Å²) in [7, 11) is 0. The fraction of sp³-hybridized carbons (Fsp3) is 1.00.